The largest absolute Gasteiger partial charge is 0.458 e. The molecule has 2 aromatic heterocycles. The van der Waals surface area contributed by atoms with Gasteiger partial charge in [0.05, 0.1) is 29.0 Å². The van der Waals surface area contributed by atoms with Gasteiger partial charge in [0, 0.05) is 28.5 Å². The van der Waals surface area contributed by atoms with Crippen LogP contribution in [0, 0.1) is 12.7 Å². The summed E-state index contributed by atoms with van der Waals surface area (Å²) in [5.74, 6) is -0.972. The second-order valence-electron chi connectivity index (χ2n) is 7.77. The summed E-state index contributed by atoms with van der Waals surface area (Å²) in [7, 11) is 0. The molecule has 2 aliphatic rings. The topological polar surface area (TPSA) is 81.4 Å². The van der Waals surface area contributed by atoms with E-state index < -0.39 is 11.6 Å². The van der Waals surface area contributed by atoms with Gasteiger partial charge in [-0.2, -0.15) is 0 Å². The first-order valence-electron chi connectivity index (χ1n) is 9.64. The lowest BCUT2D eigenvalue weighted by molar-refractivity contribution is -0.172. The van der Waals surface area contributed by atoms with Crippen LogP contribution < -0.4 is 5.56 Å². The number of pyridine rings is 2. The minimum Gasteiger partial charge on any atom is -0.458 e. The fourth-order valence-corrected chi connectivity index (χ4v) is 4.75. The number of aliphatic hydroxyl groups is 1. The van der Waals surface area contributed by atoms with E-state index in [0.29, 0.717) is 22.5 Å². The predicted molar refractivity (Wildman–Crippen MR) is 109 cm³/mol. The molecule has 5 rings (SSSR count). The van der Waals surface area contributed by atoms with Crippen molar-refractivity contribution in [2.75, 3.05) is 0 Å². The Morgan fingerprint density at radius 2 is 2.07 bits per heavy atom. The number of aromatic nitrogens is 2. The Morgan fingerprint density at radius 3 is 2.77 bits per heavy atom. The Morgan fingerprint density at radius 1 is 1.30 bits per heavy atom. The van der Waals surface area contributed by atoms with Crippen molar-refractivity contribution in [1.29, 1.82) is 0 Å². The zero-order chi connectivity index (χ0) is 21.4. The van der Waals surface area contributed by atoms with E-state index in [4.69, 9.17) is 16.3 Å². The number of rotatable bonds is 2. The van der Waals surface area contributed by atoms with Crippen molar-refractivity contribution in [3.05, 3.63) is 62.2 Å². The smallest absolute Gasteiger partial charge is 0.343 e. The Bertz CT molecular complexity index is 1330. The van der Waals surface area contributed by atoms with Crippen LogP contribution in [0.3, 0.4) is 0 Å². The zero-order valence-corrected chi connectivity index (χ0v) is 17.1. The standard InChI is InChI=1S/C22H18ClFN2O4/c1-3-22(29)15-5-18-19-13(8-26(18)20(27)14(15)9-30-21(22)28)12(7-23)11-4-10(2)16(24)6-17(11)25-19/h4-6,29H,3,7-9H2,1-2H3/t22-/m0/s1. The third kappa shape index (κ3) is 2.36. The van der Waals surface area contributed by atoms with Gasteiger partial charge in [0.25, 0.3) is 5.56 Å². The van der Waals surface area contributed by atoms with Crippen molar-refractivity contribution in [1.82, 2.24) is 9.55 Å². The first-order valence-corrected chi connectivity index (χ1v) is 10.2. The molecule has 0 bridgehead atoms. The Hall–Kier alpha value is -2.77. The average molecular weight is 429 g/mol. The minimum absolute atomic E-state index is 0.0666. The van der Waals surface area contributed by atoms with E-state index >= 15 is 0 Å². The highest BCUT2D eigenvalue weighted by Gasteiger charge is 2.45. The summed E-state index contributed by atoms with van der Waals surface area (Å²) in [6, 6.07) is 4.71. The summed E-state index contributed by atoms with van der Waals surface area (Å²) in [4.78, 5) is 30.1. The van der Waals surface area contributed by atoms with Gasteiger partial charge < -0.3 is 14.4 Å². The van der Waals surface area contributed by atoms with Crippen LogP contribution in [-0.4, -0.2) is 20.6 Å². The molecule has 1 atom stereocenters. The molecule has 0 radical (unpaired) electrons. The van der Waals surface area contributed by atoms with Gasteiger partial charge in [-0.3, -0.25) is 4.79 Å². The first-order chi connectivity index (χ1) is 14.3. The van der Waals surface area contributed by atoms with Crippen LogP contribution in [0.2, 0.25) is 0 Å². The van der Waals surface area contributed by atoms with Crippen LogP contribution in [0.15, 0.2) is 23.0 Å². The van der Waals surface area contributed by atoms with Crippen LogP contribution >= 0.6 is 11.6 Å². The van der Waals surface area contributed by atoms with E-state index in [1.54, 1.807) is 30.5 Å². The molecule has 0 aliphatic carbocycles. The lowest BCUT2D eigenvalue weighted by atomic mass is 9.86. The molecule has 30 heavy (non-hydrogen) atoms. The molecule has 6 nitrogen and oxygen atoms in total. The molecule has 8 heteroatoms. The van der Waals surface area contributed by atoms with Gasteiger partial charge in [-0.15, -0.1) is 11.6 Å². The van der Waals surface area contributed by atoms with Crippen LogP contribution in [0.5, 0.6) is 0 Å². The number of hydrogen-bond donors (Lipinski definition) is 1. The second-order valence-corrected chi connectivity index (χ2v) is 8.04. The number of fused-ring (bicyclic) bond motifs is 5. The number of cyclic esters (lactones) is 1. The Kier molecular flexibility index (Phi) is 4.07. The SMILES string of the molecule is CC[C@@]1(O)C(=O)OCc2c1cc1n(c2=O)Cc2c-1nc1cc(F)c(C)cc1c2CCl. The number of carbonyl (C=O) groups excluding carboxylic acids is 1. The maximum atomic E-state index is 14.2. The van der Waals surface area contributed by atoms with Gasteiger partial charge in [-0.25, -0.2) is 14.2 Å². The highest BCUT2D eigenvalue weighted by molar-refractivity contribution is 6.18. The number of alkyl halides is 1. The number of carbonyl (C=O) groups is 1. The van der Waals surface area contributed by atoms with Crippen LogP contribution in [0.4, 0.5) is 4.39 Å². The van der Waals surface area contributed by atoms with E-state index in [1.165, 1.54) is 6.07 Å². The summed E-state index contributed by atoms with van der Waals surface area (Å²) in [5, 5.41) is 11.7. The van der Waals surface area contributed by atoms with Crippen molar-refractivity contribution in [2.24, 2.45) is 0 Å². The third-order valence-electron chi connectivity index (χ3n) is 6.22. The summed E-state index contributed by atoms with van der Waals surface area (Å²) in [6.07, 6.45) is 0.0666. The minimum atomic E-state index is -1.89. The van der Waals surface area contributed by atoms with Gasteiger partial charge in [0.15, 0.2) is 5.60 Å². The van der Waals surface area contributed by atoms with Crippen molar-refractivity contribution >= 4 is 28.5 Å². The van der Waals surface area contributed by atoms with E-state index in [1.807, 2.05) is 0 Å². The fraction of sp³-hybridized carbons (Fsp3) is 0.318. The maximum absolute atomic E-state index is 14.2. The molecule has 4 heterocycles. The lowest BCUT2D eigenvalue weighted by Crippen LogP contribution is -2.44. The lowest BCUT2D eigenvalue weighted by Gasteiger charge is -2.31. The average Bonchev–Trinajstić information content (AvgIpc) is 3.09. The quantitative estimate of drug-likeness (QED) is 0.391. The molecular formula is C22H18ClFN2O4. The zero-order valence-electron chi connectivity index (χ0n) is 16.4. The molecule has 2 aliphatic heterocycles. The number of benzene rings is 1. The van der Waals surface area contributed by atoms with Gasteiger partial charge in [-0.05, 0) is 36.6 Å². The molecule has 0 unspecified atom stereocenters. The van der Waals surface area contributed by atoms with Gasteiger partial charge >= 0.3 is 5.97 Å². The molecule has 3 aromatic rings. The van der Waals surface area contributed by atoms with E-state index in [2.05, 4.69) is 4.98 Å². The number of ether oxygens (including phenoxy) is 1. The fourth-order valence-electron chi connectivity index (χ4n) is 4.44. The summed E-state index contributed by atoms with van der Waals surface area (Å²) in [6.45, 7) is 3.40. The normalized spacial score (nSPS) is 19.4. The highest BCUT2D eigenvalue weighted by atomic mass is 35.5. The monoisotopic (exact) mass is 428 g/mol. The van der Waals surface area contributed by atoms with Crippen LogP contribution in [-0.2, 0) is 34.2 Å². The molecule has 0 saturated carbocycles. The molecule has 0 amide bonds. The van der Waals surface area contributed by atoms with E-state index in [9.17, 15) is 19.1 Å². The van der Waals surface area contributed by atoms with Crippen molar-refractivity contribution in [3.63, 3.8) is 0 Å². The van der Waals surface area contributed by atoms with Gasteiger partial charge in [0.2, 0.25) is 0 Å². The molecule has 1 aromatic carbocycles. The molecule has 0 fully saturated rings. The molecule has 0 saturated heterocycles. The van der Waals surface area contributed by atoms with Crippen molar-refractivity contribution in [2.45, 2.75) is 44.9 Å². The molecule has 0 spiro atoms. The maximum Gasteiger partial charge on any atom is 0.343 e. The number of hydrogen-bond acceptors (Lipinski definition) is 5. The van der Waals surface area contributed by atoms with Crippen LogP contribution in [0.25, 0.3) is 22.3 Å². The van der Waals surface area contributed by atoms with E-state index in [-0.39, 0.29) is 48.0 Å². The first kappa shape index (κ1) is 19.2. The van der Waals surface area contributed by atoms with Crippen LogP contribution in [0.1, 0.15) is 41.2 Å². The molecule has 154 valence electrons. The van der Waals surface area contributed by atoms with Gasteiger partial charge in [-0.1, -0.05) is 6.92 Å². The number of halogens is 2. The molecule has 1 N–H and O–H groups in total. The Balaban J connectivity index is 1.84. The molecular weight excluding hydrogens is 411 g/mol. The van der Waals surface area contributed by atoms with Crippen molar-refractivity contribution in [3.8, 4) is 11.4 Å². The number of esters is 1. The van der Waals surface area contributed by atoms with E-state index in [0.717, 1.165) is 16.5 Å². The summed E-state index contributed by atoms with van der Waals surface area (Å²) >= 11 is 6.26. The number of aryl methyl sites for hydroxylation is 1. The summed E-state index contributed by atoms with van der Waals surface area (Å²) < 4.78 is 20.8. The van der Waals surface area contributed by atoms with Crippen molar-refractivity contribution < 1.29 is 19.0 Å². The third-order valence-corrected chi connectivity index (χ3v) is 6.49. The highest BCUT2D eigenvalue weighted by Crippen LogP contribution is 2.40. The predicted octanol–water partition coefficient (Wildman–Crippen LogP) is 3.27. The Labute approximate surface area is 175 Å². The van der Waals surface area contributed by atoms with Gasteiger partial charge in [0.1, 0.15) is 12.4 Å². The number of nitrogens with zero attached hydrogens (tertiary/aromatic N) is 2. The summed E-state index contributed by atoms with van der Waals surface area (Å²) in [5.41, 5.74) is 1.77. The second kappa shape index (κ2) is 6.36.